The number of methoxy groups -OCH3 is 1. The summed E-state index contributed by atoms with van der Waals surface area (Å²) in [5, 5.41) is 3.36. The van der Waals surface area contributed by atoms with Crippen LogP contribution in [0.5, 0.6) is 5.75 Å². The highest BCUT2D eigenvalue weighted by Gasteiger charge is 2.12. The SMILES string of the molecule is COc1ccc(C(=O)NCc2ccc(CN3CCCC3)cc2)cc1Cl. The highest BCUT2D eigenvalue weighted by molar-refractivity contribution is 6.32. The summed E-state index contributed by atoms with van der Waals surface area (Å²) in [4.78, 5) is 14.7. The lowest BCUT2D eigenvalue weighted by Crippen LogP contribution is -2.22. The molecular weight excluding hydrogens is 336 g/mol. The fourth-order valence-corrected chi connectivity index (χ4v) is 3.31. The lowest BCUT2D eigenvalue weighted by Gasteiger charge is -2.14. The average Bonchev–Trinajstić information content (AvgIpc) is 3.14. The van der Waals surface area contributed by atoms with Crippen LogP contribution in [-0.4, -0.2) is 31.0 Å². The van der Waals surface area contributed by atoms with Crippen LogP contribution in [0, 0.1) is 0 Å². The lowest BCUT2D eigenvalue weighted by atomic mass is 10.1. The van der Waals surface area contributed by atoms with E-state index >= 15 is 0 Å². The predicted molar refractivity (Wildman–Crippen MR) is 100 cm³/mol. The van der Waals surface area contributed by atoms with Crippen molar-refractivity contribution in [1.82, 2.24) is 10.2 Å². The van der Waals surface area contributed by atoms with Gasteiger partial charge in [0.2, 0.25) is 0 Å². The van der Waals surface area contributed by atoms with E-state index in [1.165, 1.54) is 31.5 Å². The molecule has 0 saturated carbocycles. The van der Waals surface area contributed by atoms with Crippen LogP contribution in [-0.2, 0) is 13.1 Å². The minimum absolute atomic E-state index is 0.148. The summed E-state index contributed by atoms with van der Waals surface area (Å²) >= 11 is 6.07. The molecule has 1 aliphatic heterocycles. The molecule has 2 aromatic rings. The lowest BCUT2D eigenvalue weighted by molar-refractivity contribution is 0.0951. The molecule has 0 bridgehead atoms. The van der Waals surface area contributed by atoms with Crippen molar-refractivity contribution in [1.29, 1.82) is 0 Å². The van der Waals surface area contributed by atoms with E-state index in [0.29, 0.717) is 22.9 Å². The number of carbonyl (C=O) groups excluding carboxylic acids is 1. The zero-order chi connectivity index (χ0) is 17.6. The molecule has 3 rings (SSSR count). The molecule has 1 fully saturated rings. The Morgan fingerprint density at radius 3 is 2.44 bits per heavy atom. The second-order valence-electron chi connectivity index (χ2n) is 6.33. The van der Waals surface area contributed by atoms with E-state index in [1.54, 1.807) is 25.3 Å². The van der Waals surface area contributed by atoms with Crippen molar-refractivity contribution in [2.75, 3.05) is 20.2 Å². The number of hydrogen-bond donors (Lipinski definition) is 1. The largest absolute Gasteiger partial charge is 0.495 e. The third kappa shape index (κ3) is 4.74. The third-order valence-corrected chi connectivity index (χ3v) is 4.79. The highest BCUT2D eigenvalue weighted by atomic mass is 35.5. The minimum Gasteiger partial charge on any atom is -0.495 e. The van der Waals surface area contributed by atoms with Crippen molar-refractivity contribution >= 4 is 17.5 Å². The molecule has 132 valence electrons. The molecule has 0 unspecified atom stereocenters. The van der Waals surface area contributed by atoms with Crippen molar-refractivity contribution in [2.24, 2.45) is 0 Å². The number of hydrogen-bond acceptors (Lipinski definition) is 3. The maximum atomic E-state index is 12.2. The highest BCUT2D eigenvalue weighted by Crippen LogP contribution is 2.24. The normalized spacial score (nSPS) is 14.5. The number of benzene rings is 2. The van der Waals surface area contributed by atoms with E-state index in [4.69, 9.17) is 16.3 Å². The van der Waals surface area contributed by atoms with Gasteiger partial charge < -0.3 is 10.1 Å². The van der Waals surface area contributed by atoms with Crippen molar-refractivity contribution in [2.45, 2.75) is 25.9 Å². The van der Waals surface area contributed by atoms with Crippen LogP contribution in [0.1, 0.15) is 34.3 Å². The summed E-state index contributed by atoms with van der Waals surface area (Å²) in [5.74, 6) is 0.414. The van der Waals surface area contributed by atoms with E-state index < -0.39 is 0 Å². The van der Waals surface area contributed by atoms with Gasteiger partial charge in [-0.25, -0.2) is 0 Å². The maximum Gasteiger partial charge on any atom is 0.251 e. The fourth-order valence-electron chi connectivity index (χ4n) is 3.05. The van der Waals surface area contributed by atoms with E-state index in [1.807, 2.05) is 0 Å². The van der Waals surface area contributed by atoms with Gasteiger partial charge in [-0.2, -0.15) is 0 Å². The van der Waals surface area contributed by atoms with Crippen LogP contribution in [0.3, 0.4) is 0 Å². The Hall–Kier alpha value is -2.04. The molecule has 0 atom stereocenters. The summed E-state index contributed by atoms with van der Waals surface area (Å²) in [6, 6.07) is 13.5. The van der Waals surface area contributed by atoms with Gasteiger partial charge in [0.05, 0.1) is 12.1 Å². The first kappa shape index (κ1) is 17.8. The zero-order valence-corrected chi connectivity index (χ0v) is 15.2. The van der Waals surface area contributed by atoms with Crippen molar-refractivity contribution in [3.63, 3.8) is 0 Å². The quantitative estimate of drug-likeness (QED) is 0.852. The van der Waals surface area contributed by atoms with Gasteiger partial charge in [0, 0.05) is 18.7 Å². The molecule has 0 radical (unpaired) electrons. The first-order chi connectivity index (χ1) is 12.2. The number of halogens is 1. The molecule has 4 nitrogen and oxygen atoms in total. The van der Waals surface area contributed by atoms with Gasteiger partial charge in [0.25, 0.3) is 5.91 Å². The van der Waals surface area contributed by atoms with Crippen LogP contribution in [0.2, 0.25) is 5.02 Å². The van der Waals surface area contributed by atoms with Gasteiger partial charge in [-0.3, -0.25) is 9.69 Å². The van der Waals surface area contributed by atoms with Gasteiger partial charge in [-0.05, 0) is 55.3 Å². The van der Waals surface area contributed by atoms with Crippen molar-refractivity contribution in [3.8, 4) is 5.75 Å². The predicted octanol–water partition coefficient (Wildman–Crippen LogP) is 3.87. The Morgan fingerprint density at radius 2 is 1.80 bits per heavy atom. The van der Waals surface area contributed by atoms with Crippen molar-refractivity contribution < 1.29 is 9.53 Å². The molecular formula is C20H23ClN2O2. The number of ether oxygens (including phenoxy) is 1. The molecule has 0 aromatic heterocycles. The second kappa shape index (κ2) is 8.37. The first-order valence-electron chi connectivity index (χ1n) is 8.57. The topological polar surface area (TPSA) is 41.6 Å². The number of likely N-dealkylation sites (tertiary alicyclic amines) is 1. The van der Waals surface area contributed by atoms with Crippen LogP contribution in [0.25, 0.3) is 0 Å². The van der Waals surface area contributed by atoms with Gasteiger partial charge >= 0.3 is 0 Å². The van der Waals surface area contributed by atoms with Crippen LogP contribution >= 0.6 is 11.6 Å². The van der Waals surface area contributed by atoms with Crippen molar-refractivity contribution in [3.05, 3.63) is 64.2 Å². The number of carbonyl (C=O) groups is 1. The fraction of sp³-hybridized carbons (Fsp3) is 0.350. The number of nitrogens with zero attached hydrogens (tertiary/aromatic N) is 1. The molecule has 5 heteroatoms. The Morgan fingerprint density at radius 1 is 1.12 bits per heavy atom. The van der Waals surface area contributed by atoms with E-state index in [-0.39, 0.29) is 5.91 Å². The number of nitrogens with one attached hydrogen (secondary N) is 1. The van der Waals surface area contributed by atoms with Crippen LogP contribution < -0.4 is 10.1 Å². The molecule has 1 saturated heterocycles. The number of amides is 1. The molecule has 1 aliphatic rings. The van der Waals surface area contributed by atoms with Gasteiger partial charge in [0.1, 0.15) is 5.75 Å². The van der Waals surface area contributed by atoms with E-state index in [0.717, 1.165) is 12.1 Å². The standard InChI is InChI=1S/C20H23ClN2O2/c1-25-19-9-8-17(12-18(19)21)20(24)22-13-15-4-6-16(7-5-15)14-23-10-2-3-11-23/h4-9,12H,2-3,10-11,13-14H2,1H3,(H,22,24). The molecule has 1 heterocycles. The molecule has 0 spiro atoms. The zero-order valence-electron chi connectivity index (χ0n) is 14.4. The van der Waals surface area contributed by atoms with Crippen LogP contribution in [0.4, 0.5) is 0 Å². The third-order valence-electron chi connectivity index (χ3n) is 4.49. The van der Waals surface area contributed by atoms with Gasteiger partial charge in [0.15, 0.2) is 0 Å². The summed E-state index contributed by atoms with van der Waals surface area (Å²) in [6.07, 6.45) is 2.61. The molecule has 1 N–H and O–H groups in total. The maximum absolute atomic E-state index is 12.2. The molecule has 0 aliphatic carbocycles. The van der Waals surface area contributed by atoms with E-state index in [2.05, 4.69) is 34.5 Å². The summed E-state index contributed by atoms with van der Waals surface area (Å²) in [5.41, 5.74) is 2.92. The molecule has 2 aromatic carbocycles. The summed E-state index contributed by atoms with van der Waals surface area (Å²) in [7, 11) is 1.55. The first-order valence-corrected chi connectivity index (χ1v) is 8.95. The van der Waals surface area contributed by atoms with Gasteiger partial charge in [-0.1, -0.05) is 35.9 Å². The van der Waals surface area contributed by atoms with Crippen LogP contribution in [0.15, 0.2) is 42.5 Å². The Labute approximate surface area is 153 Å². The van der Waals surface area contributed by atoms with Gasteiger partial charge in [-0.15, -0.1) is 0 Å². The average molecular weight is 359 g/mol. The van der Waals surface area contributed by atoms with E-state index in [9.17, 15) is 4.79 Å². The number of rotatable bonds is 6. The monoisotopic (exact) mass is 358 g/mol. The molecule has 25 heavy (non-hydrogen) atoms. The summed E-state index contributed by atoms with van der Waals surface area (Å²) < 4.78 is 5.10. The molecule has 1 amide bonds. The Balaban J connectivity index is 1.53. The Kier molecular flexibility index (Phi) is 5.95. The minimum atomic E-state index is -0.148. The Bertz CT molecular complexity index is 725. The smallest absolute Gasteiger partial charge is 0.251 e. The summed E-state index contributed by atoms with van der Waals surface area (Å²) in [6.45, 7) is 3.90. The second-order valence-corrected chi connectivity index (χ2v) is 6.74.